The van der Waals surface area contributed by atoms with Crippen LogP contribution >= 0.6 is 11.8 Å². The fourth-order valence-electron chi connectivity index (χ4n) is 3.60. The number of nitrogens with one attached hydrogen (secondary N) is 2. The van der Waals surface area contributed by atoms with Gasteiger partial charge in [-0.15, -0.1) is 0 Å². The van der Waals surface area contributed by atoms with Crippen molar-refractivity contribution in [2.75, 3.05) is 18.6 Å². The van der Waals surface area contributed by atoms with Crippen LogP contribution < -0.4 is 16.4 Å². The number of aliphatic carboxylic acids is 2. The molecule has 3 amide bonds. The Hall–Kier alpha value is -2.34. The van der Waals surface area contributed by atoms with Crippen molar-refractivity contribution in [2.45, 2.75) is 76.5 Å². The Labute approximate surface area is 198 Å². The first-order chi connectivity index (χ1) is 15.5. The first kappa shape index (κ1) is 28.7. The van der Waals surface area contributed by atoms with Gasteiger partial charge in [-0.1, -0.05) is 20.3 Å². The molecule has 0 aromatic heterocycles. The van der Waals surface area contributed by atoms with Crippen LogP contribution in [0.2, 0.25) is 0 Å². The van der Waals surface area contributed by atoms with Crippen molar-refractivity contribution in [3.05, 3.63) is 0 Å². The number of thioether (sulfide) groups is 1. The second kappa shape index (κ2) is 14.0. The van der Waals surface area contributed by atoms with Gasteiger partial charge in [0, 0.05) is 13.0 Å². The second-order valence-corrected chi connectivity index (χ2v) is 9.27. The molecule has 0 spiro atoms. The molecule has 1 fully saturated rings. The zero-order valence-corrected chi connectivity index (χ0v) is 20.2. The maximum atomic E-state index is 13.2. The first-order valence-corrected chi connectivity index (χ1v) is 12.5. The smallest absolute Gasteiger partial charge is 0.326 e. The number of rotatable bonds is 14. The Bertz CT molecular complexity index is 721. The number of hydrogen-bond acceptors (Lipinski definition) is 7. The van der Waals surface area contributed by atoms with Crippen LogP contribution in [0.15, 0.2) is 0 Å². The quantitative estimate of drug-likeness (QED) is 0.225. The van der Waals surface area contributed by atoms with Gasteiger partial charge in [0.05, 0.1) is 6.04 Å². The van der Waals surface area contributed by atoms with Crippen molar-refractivity contribution < 1.29 is 34.2 Å². The van der Waals surface area contributed by atoms with E-state index in [9.17, 15) is 29.1 Å². The third-order valence-electron chi connectivity index (χ3n) is 5.85. The van der Waals surface area contributed by atoms with E-state index in [4.69, 9.17) is 10.8 Å². The van der Waals surface area contributed by atoms with Crippen LogP contribution in [0.1, 0.15) is 52.4 Å². The molecule has 1 heterocycles. The van der Waals surface area contributed by atoms with Crippen LogP contribution in [-0.4, -0.2) is 87.5 Å². The number of likely N-dealkylation sites (tertiary alicyclic amines) is 1. The molecule has 0 aromatic rings. The molecule has 5 atom stereocenters. The van der Waals surface area contributed by atoms with Gasteiger partial charge < -0.3 is 31.5 Å². The maximum absolute atomic E-state index is 13.2. The largest absolute Gasteiger partial charge is 0.481 e. The van der Waals surface area contributed by atoms with Crippen molar-refractivity contribution in [1.82, 2.24) is 15.5 Å². The van der Waals surface area contributed by atoms with Gasteiger partial charge >= 0.3 is 11.9 Å². The van der Waals surface area contributed by atoms with E-state index < -0.39 is 53.8 Å². The molecule has 0 radical (unpaired) electrons. The number of nitrogens with zero attached hydrogens (tertiary/aromatic N) is 1. The molecule has 0 bridgehead atoms. The average Bonchev–Trinajstić information content (AvgIpc) is 3.27. The van der Waals surface area contributed by atoms with E-state index in [2.05, 4.69) is 10.6 Å². The second-order valence-electron chi connectivity index (χ2n) is 8.28. The van der Waals surface area contributed by atoms with Gasteiger partial charge in [-0.05, 0) is 43.6 Å². The van der Waals surface area contributed by atoms with Gasteiger partial charge in [0.15, 0.2) is 0 Å². The number of amides is 3. The highest BCUT2D eigenvalue weighted by Crippen LogP contribution is 2.21. The molecule has 1 aliphatic rings. The molecule has 0 aromatic carbocycles. The van der Waals surface area contributed by atoms with Crippen molar-refractivity contribution >= 4 is 41.4 Å². The van der Waals surface area contributed by atoms with E-state index in [1.165, 1.54) is 16.7 Å². The number of hydrogen-bond donors (Lipinski definition) is 5. The summed E-state index contributed by atoms with van der Waals surface area (Å²) in [7, 11) is 0. The third kappa shape index (κ3) is 8.84. The predicted octanol–water partition coefficient (Wildman–Crippen LogP) is 0.0229. The molecule has 0 aliphatic carbocycles. The minimum atomic E-state index is -1.08. The van der Waals surface area contributed by atoms with E-state index in [0.29, 0.717) is 31.6 Å². The van der Waals surface area contributed by atoms with Crippen LogP contribution in [0.5, 0.6) is 0 Å². The highest BCUT2D eigenvalue weighted by Gasteiger charge is 2.39. The molecule has 5 unspecified atom stereocenters. The van der Waals surface area contributed by atoms with Crippen LogP contribution in [0.3, 0.4) is 0 Å². The zero-order chi connectivity index (χ0) is 25.1. The molecule has 11 nitrogen and oxygen atoms in total. The molecule has 0 saturated carbocycles. The molecule has 6 N–H and O–H groups in total. The van der Waals surface area contributed by atoms with Crippen LogP contribution in [0, 0.1) is 5.92 Å². The molecule has 1 aliphatic heterocycles. The summed E-state index contributed by atoms with van der Waals surface area (Å²) in [6.45, 7) is 3.97. The highest BCUT2D eigenvalue weighted by atomic mass is 32.2. The summed E-state index contributed by atoms with van der Waals surface area (Å²) in [6.07, 6.45) is 3.30. The van der Waals surface area contributed by atoms with E-state index in [1.807, 2.05) is 13.2 Å². The molecule has 33 heavy (non-hydrogen) atoms. The normalized spacial score (nSPS) is 19.3. The third-order valence-corrected chi connectivity index (χ3v) is 6.49. The van der Waals surface area contributed by atoms with Crippen molar-refractivity contribution in [2.24, 2.45) is 11.7 Å². The Morgan fingerprint density at radius 1 is 1.12 bits per heavy atom. The lowest BCUT2D eigenvalue weighted by molar-refractivity contribution is -0.150. The number of nitrogens with two attached hydrogens (primary N) is 1. The van der Waals surface area contributed by atoms with Crippen LogP contribution in [-0.2, 0) is 24.0 Å². The lowest BCUT2D eigenvalue weighted by Gasteiger charge is -2.31. The van der Waals surface area contributed by atoms with Gasteiger partial charge in [-0.3, -0.25) is 19.2 Å². The van der Waals surface area contributed by atoms with Gasteiger partial charge in [0.2, 0.25) is 17.7 Å². The van der Waals surface area contributed by atoms with Crippen molar-refractivity contribution in [3.8, 4) is 0 Å². The fraction of sp³-hybridized carbons (Fsp3) is 0.762. The Balaban J connectivity index is 2.96. The highest BCUT2D eigenvalue weighted by molar-refractivity contribution is 7.98. The minimum absolute atomic E-state index is 0.0719. The molecular formula is C21H36N4O7S. The number of carboxylic acids is 2. The van der Waals surface area contributed by atoms with Crippen LogP contribution in [0.4, 0.5) is 0 Å². The monoisotopic (exact) mass is 488 g/mol. The average molecular weight is 489 g/mol. The van der Waals surface area contributed by atoms with E-state index >= 15 is 0 Å². The summed E-state index contributed by atoms with van der Waals surface area (Å²) >= 11 is 1.48. The van der Waals surface area contributed by atoms with Gasteiger partial charge in [-0.2, -0.15) is 11.8 Å². The molecule has 1 saturated heterocycles. The lowest BCUT2D eigenvalue weighted by Crippen LogP contribution is -2.58. The Morgan fingerprint density at radius 3 is 2.33 bits per heavy atom. The molecule has 188 valence electrons. The lowest BCUT2D eigenvalue weighted by atomic mass is 9.96. The van der Waals surface area contributed by atoms with E-state index in [-0.39, 0.29) is 25.2 Å². The summed E-state index contributed by atoms with van der Waals surface area (Å²) in [6, 6.07) is -3.90. The number of carbonyl (C=O) groups excluding carboxylic acids is 3. The first-order valence-electron chi connectivity index (χ1n) is 11.1. The summed E-state index contributed by atoms with van der Waals surface area (Å²) in [5.74, 6) is -3.51. The van der Waals surface area contributed by atoms with Gasteiger partial charge in [0.25, 0.3) is 0 Å². The van der Waals surface area contributed by atoms with Crippen molar-refractivity contribution in [3.63, 3.8) is 0 Å². The molecule has 1 rings (SSSR count). The standard InChI is InChI=1S/C21H36N4O7S/c1-4-12(2)17(20(30)25-10-5-6-15(25)21(31)32)24-19(29)14(9-11-33-3)23-18(28)13(22)7-8-16(26)27/h12-15,17H,4-11,22H2,1-3H3,(H,23,28)(H,24,29)(H,26,27)(H,31,32). The summed E-state index contributed by atoms with van der Waals surface area (Å²) < 4.78 is 0. The summed E-state index contributed by atoms with van der Waals surface area (Å²) in [5, 5.41) is 23.5. The summed E-state index contributed by atoms with van der Waals surface area (Å²) in [5.41, 5.74) is 5.76. The van der Waals surface area contributed by atoms with Crippen molar-refractivity contribution in [1.29, 1.82) is 0 Å². The zero-order valence-electron chi connectivity index (χ0n) is 19.4. The number of carboxylic acid groups (broad SMARTS) is 2. The topological polar surface area (TPSA) is 179 Å². The predicted molar refractivity (Wildman–Crippen MR) is 124 cm³/mol. The van der Waals surface area contributed by atoms with Gasteiger partial charge in [-0.25, -0.2) is 4.79 Å². The Morgan fingerprint density at radius 2 is 1.79 bits per heavy atom. The number of carbonyl (C=O) groups is 5. The maximum Gasteiger partial charge on any atom is 0.326 e. The van der Waals surface area contributed by atoms with E-state index in [0.717, 1.165) is 0 Å². The summed E-state index contributed by atoms with van der Waals surface area (Å²) in [4.78, 5) is 62.2. The minimum Gasteiger partial charge on any atom is -0.481 e. The van der Waals surface area contributed by atoms with Crippen LogP contribution in [0.25, 0.3) is 0 Å². The van der Waals surface area contributed by atoms with E-state index in [1.54, 1.807) is 6.92 Å². The SMILES string of the molecule is CCC(C)C(NC(=O)C(CCSC)NC(=O)C(N)CCC(=O)O)C(=O)N1CCCC1C(=O)O. The van der Waals surface area contributed by atoms with Gasteiger partial charge in [0.1, 0.15) is 18.1 Å². The molecular weight excluding hydrogens is 452 g/mol. The molecule has 12 heteroatoms. The Kier molecular flexibility index (Phi) is 12.2. The fourth-order valence-corrected chi connectivity index (χ4v) is 4.07.